The van der Waals surface area contributed by atoms with E-state index < -0.39 is 0 Å². The zero-order chi connectivity index (χ0) is 12.3. The molecule has 17 heavy (non-hydrogen) atoms. The number of hydrogen-bond donors (Lipinski definition) is 0. The first-order valence-electron chi connectivity index (χ1n) is 5.78. The van der Waals surface area contributed by atoms with Crippen LogP contribution in [0.1, 0.15) is 6.42 Å². The molecule has 1 saturated heterocycles. The summed E-state index contributed by atoms with van der Waals surface area (Å²) < 4.78 is 13.2. The van der Waals surface area contributed by atoms with E-state index in [0.29, 0.717) is 6.42 Å². The van der Waals surface area contributed by atoms with Crippen molar-refractivity contribution in [3.8, 4) is 6.07 Å². The lowest BCUT2D eigenvalue weighted by atomic mass is 10.1. The van der Waals surface area contributed by atoms with Crippen molar-refractivity contribution in [1.82, 2.24) is 4.90 Å². The van der Waals surface area contributed by atoms with Crippen molar-refractivity contribution in [3.05, 3.63) is 30.1 Å². The molecule has 1 aliphatic heterocycles. The van der Waals surface area contributed by atoms with Crippen LogP contribution in [-0.4, -0.2) is 37.6 Å². The second-order valence-corrected chi connectivity index (χ2v) is 4.42. The van der Waals surface area contributed by atoms with Crippen LogP contribution in [0.15, 0.2) is 24.3 Å². The normalized spacial score (nSPS) is 21.2. The van der Waals surface area contributed by atoms with Crippen LogP contribution < -0.4 is 4.90 Å². The van der Waals surface area contributed by atoms with Gasteiger partial charge in [0.25, 0.3) is 0 Å². The fourth-order valence-corrected chi connectivity index (χ4v) is 2.18. The number of likely N-dealkylation sites (N-methyl/N-ethyl adjacent to an activating group) is 1. The number of halogens is 1. The third-order valence-electron chi connectivity index (χ3n) is 3.28. The van der Waals surface area contributed by atoms with Crippen LogP contribution in [0.2, 0.25) is 0 Å². The lowest BCUT2D eigenvalue weighted by Gasteiger charge is -2.39. The Kier molecular flexibility index (Phi) is 3.60. The maximum Gasteiger partial charge on any atom is 0.125 e. The maximum absolute atomic E-state index is 13.2. The largest absolute Gasteiger partial charge is 0.369 e. The molecule has 0 aromatic heterocycles. The Morgan fingerprint density at radius 1 is 1.47 bits per heavy atom. The predicted molar refractivity (Wildman–Crippen MR) is 65.3 cm³/mol. The fraction of sp³-hybridized carbons (Fsp3) is 0.462. The Bertz CT molecular complexity index is 427. The molecule has 1 aromatic rings. The molecule has 1 heterocycles. The second-order valence-electron chi connectivity index (χ2n) is 4.42. The number of piperazine rings is 1. The Morgan fingerprint density at radius 3 is 3.00 bits per heavy atom. The van der Waals surface area contributed by atoms with Gasteiger partial charge >= 0.3 is 0 Å². The quantitative estimate of drug-likeness (QED) is 0.781. The van der Waals surface area contributed by atoms with Crippen molar-refractivity contribution >= 4 is 5.69 Å². The molecule has 1 unspecified atom stereocenters. The summed E-state index contributed by atoms with van der Waals surface area (Å²) in [4.78, 5) is 4.34. The minimum atomic E-state index is -0.210. The number of nitriles is 1. The number of benzene rings is 1. The molecule has 90 valence electrons. The molecule has 2 rings (SSSR count). The van der Waals surface area contributed by atoms with E-state index in [1.54, 1.807) is 12.1 Å². The van der Waals surface area contributed by atoms with Crippen molar-refractivity contribution in [2.45, 2.75) is 12.5 Å². The van der Waals surface area contributed by atoms with E-state index in [2.05, 4.69) is 15.9 Å². The van der Waals surface area contributed by atoms with Gasteiger partial charge in [-0.3, -0.25) is 4.90 Å². The SMILES string of the molecule is CN1CCN(c2cccc(F)c2)CC1CC#N. The molecular formula is C13H16FN3. The third-order valence-corrected chi connectivity index (χ3v) is 3.28. The van der Waals surface area contributed by atoms with Gasteiger partial charge < -0.3 is 4.90 Å². The topological polar surface area (TPSA) is 30.3 Å². The summed E-state index contributed by atoms with van der Waals surface area (Å²) in [5, 5.41) is 8.78. The van der Waals surface area contributed by atoms with Gasteiger partial charge in [0.05, 0.1) is 12.5 Å². The van der Waals surface area contributed by atoms with Crippen molar-refractivity contribution in [2.75, 3.05) is 31.6 Å². The Balaban J connectivity index is 2.10. The lowest BCUT2D eigenvalue weighted by Crippen LogP contribution is -2.51. The number of hydrogen-bond acceptors (Lipinski definition) is 3. The predicted octanol–water partition coefficient (Wildman–Crippen LogP) is 1.86. The molecule has 1 aromatic carbocycles. The van der Waals surface area contributed by atoms with Gasteiger partial charge in [0.15, 0.2) is 0 Å². The summed E-state index contributed by atoms with van der Waals surface area (Å²) in [6, 6.07) is 9.08. The molecule has 0 saturated carbocycles. The molecule has 0 spiro atoms. The first-order valence-corrected chi connectivity index (χ1v) is 5.78. The van der Waals surface area contributed by atoms with E-state index in [1.165, 1.54) is 6.07 Å². The van der Waals surface area contributed by atoms with E-state index in [-0.39, 0.29) is 11.9 Å². The minimum absolute atomic E-state index is 0.210. The van der Waals surface area contributed by atoms with Gasteiger partial charge in [-0.25, -0.2) is 4.39 Å². The summed E-state index contributed by atoms with van der Waals surface area (Å²) in [7, 11) is 2.03. The van der Waals surface area contributed by atoms with E-state index in [4.69, 9.17) is 5.26 Å². The van der Waals surface area contributed by atoms with Gasteiger partial charge in [-0.1, -0.05) is 6.07 Å². The van der Waals surface area contributed by atoms with Crippen LogP contribution in [0.4, 0.5) is 10.1 Å². The van der Waals surface area contributed by atoms with Gasteiger partial charge in [-0.2, -0.15) is 5.26 Å². The van der Waals surface area contributed by atoms with Gasteiger partial charge in [-0.05, 0) is 25.2 Å². The first-order chi connectivity index (χ1) is 8.20. The lowest BCUT2D eigenvalue weighted by molar-refractivity contribution is 0.221. The highest BCUT2D eigenvalue weighted by molar-refractivity contribution is 5.47. The van der Waals surface area contributed by atoms with Crippen LogP contribution in [0, 0.1) is 17.1 Å². The van der Waals surface area contributed by atoms with E-state index in [9.17, 15) is 4.39 Å². The van der Waals surface area contributed by atoms with Crippen molar-refractivity contribution in [2.24, 2.45) is 0 Å². The van der Waals surface area contributed by atoms with Crippen molar-refractivity contribution in [1.29, 1.82) is 5.26 Å². The smallest absolute Gasteiger partial charge is 0.125 e. The molecule has 0 aliphatic carbocycles. The fourth-order valence-electron chi connectivity index (χ4n) is 2.18. The van der Waals surface area contributed by atoms with Crippen LogP contribution >= 0.6 is 0 Å². The zero-order valence-corrected chi connectivity index (χ0v) is 9.93. The van der Waals surface area contributed by atoms with Gasteiger partial charge in [0.2, 0.25) is 0 Å². The Morgan fingerprint density at radius 2 is 2.29 bits per heavy atom. The Hall–Kier alpha value is -1.60. The molecular weight excluding hydrogens is 217 g/mol. The number of rotatable bonds is 2. The molecule has 0 amide bonds. The molecule has 4 heteroatoms. The van der Waals surface area contributed by atoms with Crippen LogP contribution in [0.5, 0.6) is 0 Å². The van der Waals surface area contributed by atoms with Crippen molar-refractivity contribution in [3.63, 3.8) is 0 Å². The van der Waals surface area contributed by atoms with Crippen molar-refractivity contribution < 1.29 is 4.39 Å². The van der Waals surface area contributed by atoms with Gasteiger partial charge in [0, 0.05) is 31.4 Å². The summed E-state index contributed by atoms with van der Waals surface area (Å²) in [6.07, 6.45) is 0.516. The highest BCUT2D eigenvalue weighted by Gasteiger charge is 2.24. The highest BCUT2D eigenvalue weighted by atomic mass is 19.1. The molecule has 1 atom stereocenters. The third kappa shape index (κ3) is 2.75. The molecule has 3 nitrogen and oxygen atoms in total. The summed E-state index contributed by atoms with van der Waals surface area (Å²) >= 11 is 0. The summed E-state index contributed by atoms with van der Waals surface area (Å²) in [6.45, 7) is 2.57. The molecule has 1 fully saturated rings. The van der Waals surface area contributed by atoms with E-state index >= 15 is 0 Å². The van der Waals surface area contributed by atoms with Crippen LogP contribution in [0.3, 0.4) is 0 Å². The number of anilines is 1. The average Bonchev–Trinajstić information content (AvgIpc) is 2.32. The zero-order valence-electron chi connectivity index (χ0n) is 9.93. The van der Waals surface area contributed by atoms with Gasteiger partial charge in [0.1, 0.15) is 5.82 Å². The monoisotopic (exact) mass is 233 g/mol. The Labute approximate surface area is 101 Å². The second kappa shape index (κ2) is 5.15. The minimum Gasteiger partial charge on any atom is -0.369 e. The van der Waals surface area contributed by atoms with Crippen LogP contribution in [0.25, 0.3) is 0 Å². The standard InChI is InChI=1S/C13H16FN3/c1-16-7-8-17(10-13(16)5-6-15)12-4-2-3-11(14)9-12/h2-4,9,13H,5,7-8,10H2,1H3. The molecule has 0 N–H and O–H groups in total. The average molecular weight is 233 g/mol. The van der Waals surface area contributed by atoms with E-state index in [1.807, 2.05) is 13.1 Å². The summed E-state index contributed by atoms with van der Waals surface area (Å²) in [5.74, 6) is -0.210. The van der Waals surface area contributed by atoms with Crippen LogP contribution in [-0.2, 0) is 0 Å². The molecule has 1 aliphatic rings. The first kappa shape index (κ1) is 11.9. The highest BCUT2D eigenvalue weighted by Crippen LogP contribution is 2.20. The maximum atomic E-state index is 13.2. The summed E-state index contributed by atoms with van der Waals surface area (Å²) in [5.41, 5.74) is 0.904. The van der Waals surface area contributed by atoms with E-state index in [0.717, 1.165) is 25.3 Å². The van der Waals surface area contributed by atoms with Gasteiger partial charge in [-0.15, -0.1) is 0 Å². The number of nitrogens with zero attached hydrogens (tertiary/aromatic N) is 3. The molecule has 0 radical (unpaired) electrons. The molecule has 0 bridgehead atoms.